The fourth-order valence-electron chi connectivity index (χ4n) is 0.809. The molecule has 0 N–H and O–H groups in total. The van der Waals surface area contributed by atoms with Gasteiger partial charge in [-0.3, -0.25) is 0 Å². The molecule has 0 aliphatic rings. The van der Waals surface area contributed by atoms with E-state index in [1.807, 2.05) is 0 Å². The van der Waals surface area contributed by atoms with E-state index in [1.54, 1.807) is 0 Å². The summed E-state index contributed by atoms with van der Waals surface area (Å²) in [5.41, 5.74) is 0. The molecular formula is C11H25BrOSi. The largest absolute Gasteiger partial charge is 0.417 e. The fourth-order valence-corrected chi connectivity index (χ4v) is 2.19. The van der Waals surface area contributed by atoms with Crippen LogP contribution in [0.15, 0.2) is 0 Å². The van der Waals surface area contributed by atoms with E-state index in [1.165, 1.54) is 0 Å². The summed E-state index contributed by atoms with van der Waals surface area (Å²) in [4.78, 5) is 0. The van der Waals surface area contributed by atoms with Gasteiger partial charge in [-0.15, -0.1) is 0 Å². The van der Waals surface area contributed by atoms with Gasteiger partial charge in [0.05, 0.1) is 0 Å². The number of hydrogen-bond donors (Lipinski definition) is 0. The maximum atomic E-state index is 6.08. The first-order chi connectivity index (χ1) is 6.20. The van der Waals surface area contributed by atoms with Crippen molar-refractivity contribution in [3.63, 3.8) is 0 Å². The zero-order valence-electron chi connectivity index (χ0n) is 10.5. The molecule has 0 saturated heterocycles. The number of rotatable bonds is 5. The molecular weight excluding hydrogens is 256 g/mol. The molecule has 0 fully saturated rings. The highest BCUT2D eigenvalue weighted by Crippen LogP contribution is 2.36. The lowest BCUT2D eigenvalue weighted by molar-refractivity contribution is 0.266. The molecule has 0 aromatic rings. The Morgan fingerprint density at radius 1 is 1.29 bits per heavy atom. The van der Waals surface area contributed by atoms with Crippen LogP contribution in [0.2, 0.25) is 18.1 Å². The van der Waals surface area contributed by atoms with E-state index in [-0.39, 0.29) is 0 Å². The van der Waals surface area contributed by atoms with Crippen LogP contribution in [-0.4, -0.2) is 20.3 Å². The molecule has 0 aliphatic heterocycles. The van der Waals surface area contributed by atoms with Crippen LogP contribution in [0, 0.1) is 5.92 Å². The van der Waals surface area contributed by atoms with Crippen LogP contribution in [0.3, 0.4) is 0 Å². The van der Waals surface area contributed by atoms with Crippen molar-refractivity contribution in [2.45, 2.75) is 52.2 Å². The maximum Gasteiger partial charge on any atom is 0.191 e. The quantitative estimate of drug-likeness (QED) is 0.535. The SMILES string of the molecule is C[C@@H](CBr)CCO[Si](C)(C)C(C)(C)C. The molecule has 0 aromatic heterocycles. The summed E-state index contributed by atoms with van der Waals surface area (Å²) < 4.78 is 6.08. The Bertz CT molecular complexity index is 163. The second kappa shape index (κ2) is 5.66. The van der Waals surface area contributed by atoms with Crippen molar-refractivity contribution in [3.05, 3.63) is 0 Å². The van der Waals surface area contributed by atoms with Gasteiger partial charge in [-0.25, -0.2) is 0 Å². The first-order valence-electron chi connectivity index (χ1n) is 5.40. The molecule has 0 radical (unpaired) electrons. The summed E-state index contributed by atoms with van der Waals surface area (Å²) in [6.45, 7) is 14.7. The molecule has 0 aromatic carbocycles. The molecule has 0 amide bonds. The summed E-state index contributed by atoms with van der Waals surface area (Å²) >= 11 is 3.49. The van der Waals surface area contributed by atoms with Crippen molar-refractivity contribution < 1.29 is 4.43 Å². The van der Waals surface area contributed by atoms with Crippen molar-refractivity contribution in [3.8, 4) is 0 Å². The number of hydrogen-bond acceptors (Lipinski definition) is 1. The predicted octanol–water partition coefficient (Wildman–Crippen LogP) is 4.43. The van der Waals surface area contributed by atoms with Crippen LogP contribution >= 0.6 is 15.9 Å². The van der Waals surface area contributed by atoms with Crippen LogP contribution in [0.4, 0.5) is 0 Å². The molecule has 86 valence electrons. The highest BCUT2D eigenvalue weighted by atomic mass is 79.9. The molecule has 3 heteroatoms. The molecule has 0 rings (SSSR count). The van der Waals surface area contributed by atoms with Crippen LogP contribution in [0.1, 0.15) is 34.1 Å². The highest BCUT2D eigenvalue weighted by Gasteiger charge is 2.36. The molecule has 0 unspecified atom stereocenters. The van der Waals surface area contributed by atoms with E-state index in [2.05, 4.69) is 56.7 Å². The Kier molecular flexibility index (Phi) is 5.93. The lowest BCUT2D eigenvalue weighted by Crippen LogP contribution is -2.41. The van der Waals surface area contributed by atoms with E-state index >= 15 is 0 Å². The van der Waals surface area contributed by atoms with E-state index in [9.17, 15) is 0 Å². The van der Waals surface area contributed by atoms with E-state index in [0.717, 1.165) is 24.3 Å². The van der Waals surface area contributed by atoms with Crippen LogP contribution in [0.5, 0.6) is 0 Å². The van der Waals surface area contributed by atoms with Gasteiger partial charge in [-0.2, -0.15) is 0 Å². The Morgan fingerprint density at radius 3 is 2.14 bits per heavy atom. The van der Waals surface area contributed by atoms with Crippen LogP contribution in [-0.2, 0) is 4.43 Å². The van der Waals surface area contributed by atoms with Gasteiger partial charge in [-0.05, 0) is 30.5 Å². The lowest BCUT2D eigenvalue weighted by Gasteiger charge is -2.36. The molecule has 0 heterocycles. The van der Waals surface area contributed by atoms with Gasteiger partial charge in [0, 0.05) is 11.9 Å². The molecule has 14 heavy (non-hydrogen) atoms. The summed E-state index contributed by atoms with van der Waals surface area (Å²) in [5, 5.41) is 1.42. The minimum absolute atomic E-state index is 0.338. The summed E-state index contributed by atoms with van der Waals surface area (Å²) in [7, 11) is -1.50. The maximum absolute atomic E-state index is 6.08. The zero-order chi connectivity index (χ0) is 11.4. The zero-order valence-corrected chi connectivity index (χ0v) is 13.1. The predicted molar refractivity (Wildman–Crippen MR) is 70.7 cm³/mol. The minimum Gasteiger partial charge on any atom is -0.417 e. The third-order valence-electron chi connectivity index (χ3n) is 3.14. The summed E-state index contributed by atoms with van der Waals surface area (Å²) in [5.74, 6) is 0.722. The molecule has 0 saturated carbocycles. The van der Waals surface area contributed by atoms with Gasteiger partial charge in [0.15, 0.2) is 8.32 Å². The van der Waals surface area contributed by atoms with Crippen molar-refractivity contribution >= 4 is 24.2 Å². The Hall–Kier alpha value is 0.657. The Balaban J connectivity index is 3.89. The van der Waals surface area contributed by atoms with Crippen molar-refractivity contribution in [2.24, 2.45) is 5.92 Å². The number of alkyl halides is 1. The molecule has 1 atom stereocenters. The molecule has 1 nitrogen and oxygen atoms in total. The van der Waals surface area contributed by atoms with Gasteiger partial charge >= 0.3 is 0 Å². The Labute approximate surface area is 98.9 Å². The topological polar surface area (TPSA) is 9.23 Å². The van der Waals surface area contributed by atoms with Gasteiger partial charge in [0.25, 0.3) is 0 Å². The first-order valence-corrected chi connectivity index (χ1v) is 9.43. The summed E-state index contributed by atoms with van der Waals surface area (Å²) in [6.07, 6.45) is 1.16. The monoisotopic (exact) mass is 280 g/mol. The highest BCUT2D eigenvalue weighted by molar-refractivity contribution is 9.09. The average molecular weight is 281 g/mol. The third kappa shape index (κ3) is 4.94. The van der Waals surface area contributed by atoms with Gasteiger partial charge in [0.1, 0.15) is 0 Å². The average Bonchev–Trinajstić information content (AvgIpc) is 2.01. The van der Waals surface area contributed by atoms with E-state index in [0.29, 0.717) is 5.04 Å². The summed E-state index contributed by atoms with van der Waals surface area (Å²) in [6, 6.07) is 0. The van der Waals surface area contributed by atoms with Crippen molar-refractivity contribution in [1.29, 1.82) is 0 Å². The fraction of sp³-hybridized carbons (Fsp3) is 1.00. The van der Waals surface area contributed by atoms with Gasteiger partial charge < -0.3 is 4.43 Å². The standard InChI is InChI=1S/C11H25BrOSi/c1-10(9-12)7-8-13-14(5,6)11(2,3)4/h10H,7-9H2,1-6H3/t10-/m1/s1. The van der Waals surface area contributed by atoms with Crippen LogP contribution < -0.4 is 0 Å². The number of halogens is 1. The van der Waals surface area contributed by atoms with Crippen molar-refractivity contribution in [1.82, 2.24) is 0 Å². The Morgan fingerprint density at radius 2 is 1.79 bits per heavy atom. The second-order valence-electron chi connectivity index (χ2n) is 5.66. The molecule has 0 aliphatic carbocycles. The minimum atomic E-state index is -1.50. The van der Waals surface area contributed by atoms with Crippen LogP contribution in [0.25, 0.3) is 0 Å². The smallest absolute Gasteiger partial charge is 0.191 e. The third-order valence-corrected chi connectivity index (χ3v) is 8.79. The molecule has 0 bridgehead atoms. The normalized spacial score (nSPS) is 15.6. The van der Waals surface area contributed by atoms with E-state index in [4.69, 9.17) is 4.43 Å². The van der Waals surface area contributed by atoms with E-state index < -0.39 is 8.32 Å². The van der Waals surface area contributed by atoms with Crippen molar-refractivity contribution in [2.75, 3.05) is 11.9 Å². The molecule has 0 spiro atoms. The second-order valence-corrected chi connectivity index (χ2v) is 11.1. The first kappa shape index (κ1) is 14.7. The lowest BCUT2D eigenvalue weighted by atomic mass is 10.1. The van der Waals surface area contributed by atoms with Gasteiger partial charge in [-0.1, -0.05) is 43.6 Å². The van der Waals surface area contributed by atoms with Gasteiger partial charge in [0.2, 0.25) is 0 Å².